The Hall–Kier alpha value is -7.28. The topological polar surface area (TPSA) is 0 Å². The van der Waals surface area contributed by atoms with Crippen LogP contribution in [-0.2, 0) is 5.41 Å². The van der Waals surface area contributed by atoms with E-state index in [1.54, 1.807) is 0 Å². The van der Waals surface area contributed by atoms with Crippen molar-refractivity contribution in [3.8, 4) is 55.6 Å². The van der Waals surface area contributed by atoms with Crippen molar-refractivity contribution in [3.05, 3.63) is 229 Å². The molecule has 11 aromatic rings. The van der Waals surface area contributed by atoms with E-state index in [4.69, 9.17) is 0 Å². The van der Waals surface area contributed by atoms with Crippen molar-refractivity contribution < 1.29 is 0 Å². The van der Waals surface area contributed by atoms with Crippen LogP contribution in [0.25, 0.3) is 98.7 Å². The molecule has 0 saturated heterocycles. The zero-order valence-corrected chi connectivity index (χ0v) is 32.2. The summed E-state index contributed by atoms with van der Waals surface area (Å²) in [5.74, 6) is 0. The van der Waals surface area contributed by atoms with Crippen LogP contribution in [-0.4, -0.2) is 0 Å². The van der Waals surface area contributed by atoms with E-state index in [1.165, 1.54) is 115 Å². The number of hydrogen-bond acceptors (Lipinski definition) is 0. The summed E-state index contributed by atoms with van der Waals surface area (Å²) >= 11 is 0. The Morgan fingerprint density at radius 3 is 1.38 bits per heavy atom. The van der Waals surface area contributed by atoms with Crippen LogP contribution < -0.4 is 0 Å². The molecule has 1 aliphatic rings. The average molecular weight is 735 g/mol. The zero-order valence-electron chi connectivity index (χ0n) is 32.2. The molecule has 0 heterocycles. The number of benzene rings is 11. The van der Waals surface area contributed by atoms with Gasteiger partial charge in [-0.15, -0.1) is 0 Å². The van der Waals surface area contributed by atoms with Gasteiger partial charge >= 0.3 is 0 Å². The maximum atomic E-state index is 2.48. The molecule has 0 aromatic heterocycles. The van der Waals surface area contributed by atoms with Crippen LogP contribution in [0.4, 0.5) is 0 Å². The van der Waals surface area contributed by atoms with E-state index in [-0.39, 0.29) is 5.41 Å². The van der Waals surface area contributed by atoms with Crippen molar-refractivity contribution in [1.29, 1.82) is 0 Å². The molecule has 0 bridgehead atoms. The summed E-state index contributed by atoms with van der Waals surface area (Å²) in [5, 5.41) is 10.4. The monoisotopic (exact) mass is 734 g/mol. The molecule has 12 rings (SSSR count). The van der Waals surface area contributed by atoms with Gasteiger partial charge in [-0.2, -0.15) is 0 Å². The Balaban J connectivity index is 1.05. The predicted octanol–water partition coefficient (Wildman–Crippen LogP) is 15.7. The van der Waals surface area contributed by atoms with Crippen LogP contribution in [0.2, 0.25) is 0 Å². The Morgan fingerprint density at radius 2 is 0.741 bits per heavy atom. The summed E-state index contributed by atoms with van der Waals surface area (Å²) in [5.41, 5.74) is 16.3. The first kappa shape index (κ1) is 32.9. The van der Waals surface area contributed by atoms with Gasteiger partial charge in [-0.25, -0.2) is 0 Å². The first-order chi connectivity index (χ1) is 28.6. The zero-order chi connectivity index (χ0) is 38.4. The second-order valence-electron chi connectivity index (χ2n) is 16.1. The number of rotatable bonds is 5. The molecule has 0 heteroatoms. The molecular formula is C58H38. The summed E-state index contributed by atoms with van der Waals surface area (Å²) < 4.78 is 0. The van der Waals surface area contributed by atoms with Crippen LogP contribution >= 0.6 is 0 Å². The quantitative estimate of drug-likeness (QED) is 0.154. The SMILES string of the molecule is CC1(c2ccccc2)c2cc(-c3ccc(-c4ccc5ccc6c(-c7ccccc7)ccc7ccc4c5c76)cc3-c3ccccc3)ccc2-c2cc3ccccc3cc21. The van der Waals surface area contributed by atoms with Gasteiger partial charge in [-0.3, -0.25) is 0 Å². The van der Waals surface area contributed by atoms with Gasteiger partial charge in [0, 0.05) is 5.41 Å². The van der Waals surface area contributed by atoms with Crippen molar-refractivity contribution in [1.82, 2.24) is 0 Å². The van der Waals surface area contributed by atoms with Crippen LogP contribution in [0.5, 0.6) is 0 Å². The fourth-order valence-electron chi connectivity index (χ4n) is 10.2. The van der Waals surface area contributed by atoms with E-state index in [1.807, 2.05) is 0 Å². The third-order valence-corrected chi connectivity index (χ3v) is 13.1. The minimum absolute atomic E-state index is 0.305. The van der Waals surface area contributed by atoms with Gasteiger partial charge in [0.05, 0.1) is 0 Å². The van der Waals surface area contributed by atoms with E-state index >= 15 is 0 Å². The lowest BCUT2D eigenvalue weighted by molar-refractivity contribution is 0.715. The molecule has 270 valence electrons. The fraction of sp³-hybridized carbons (Fsp3) is 0.0345. The Bertz CT molecular complexity index is 3380. The van der Waals surface area contributed by atoms with Crippen LogP contribution in [0, 0.1) is 0 Å². The highest BCUT2D eigenvalue weighted by atomic mass is 14.4. The normalized spacial score (nSPS) is 14.7. The summed E-state index contributed by atoms with van der Waals surface area (Å²) in [4.78, 5) is 0. The Morgan fingerprint density at radius 1 is 0.276 bits per heavy atom. The number of hydrogen-bond donors (Lipinski definition) is 0. The van der Waals surface area contributed by atoms with Crippen molar-refractivity contribution in [2.75, 3.05) is 0 Å². The highest BCUT2D eigenvalue weighted by molar-refractivity contribution is 6.27. The molecule has 0 amide bonds. The highest BCUT2D eigenvalue weighted by Crippen LogP contribution is 2.54. The molecule has 11 aromatic carbocycles. The third-order valence-electron chi connectivity index (χ3n) is 13.1. The molecule has 0 radical (unpaired) electrons. The van der Waals surface area contributed by atoms with Crippen molar-refractivity contribution in [3.63, 3.8) is 0 Å². The molecule has 1 atom stereocenters. The smallest absolute Gasteiger partial charge is 0.0435 e. The maximum Gasteiger partial charge on any atom is 0.0435 e. The van der Waals surface area contributed by atoms with Crippen molar-refractivity contribution in [2.45, 2.75) is 12.3 Å². The van der Waals surface area contributed by atoms with Gasteiger partial charge in [-0.05, 0) is 147 Å². The van der Waals surface area contributed by atoms with E-state index in [2.05, 4.69) is 219 Å². The molecule has 0 nitrogen and oxygen atoms in total. The van der Waals surface area contributed by atoms with Gasteiger partial charge in [0.15, 0.2) is 0 Å². The van der Waals surface area contributed by atoms with E-state index in [0.717, 1.165) is 0 Å². The fourth-order valence-corrected chi connectivity index (χ4v) is 10.2. The van der Waals surface area contributed by atoms with E-state index < -0.39 is 0 Å². The van der Waals surface area contributed by atoms with Crippen molar-refractivity contribution in [2.24, 2.45) is 0 Å². The maximum absolute atomic E-state index is 2.48. The molecule has 0 saturated carbocycles. The van der Waals surface area contributed by atoms with E-state index in [0.29, 0.717) is 0 Å². The molecule has 0 aliphatic heterocycles. The minimum atomic E-state index is -0.305. The molecule has 0 spiro atoms. The molecule has 58 heavy (non-hydrogen) atoms. The minimum Gasteiger partial charge on any atom is -0.0622 e. The molecule has 0 fully saturated rings. The summed E-state index contributed by atoms with van der Waals surface area (Å²) in [6.07, 6.45) is 0. The second kappa shape index (κ2) is 12.6. The third kappa shape index (κ3) is 4.82. The van der Waals surface area contributed by atoms with Crippen LogP contribution in [0.15, 0.2) is 212 Å². The Labute approximate surface area is 338 Å². The van der Waals surface area contributed by atoms with Gasteiger partial charge in [0.25, 0.3) is 0 Å². The summed E-state index contributed by atoms with van der Waals surface area (Å²) in [6, 6.07) is 79.2. The predicted molar refractivity (Wildman–Crippen MR) is 247 cm³/mol. The van der Waals surface area contributed by atoms with Crippen LogP contribution in [0.1, 0.15) is 23.6 Å². The molecule has 0 N–H and O–H groups in total. The first-order valence-electron chi connectivity index (χ1n) is 20.3. The van der Waals surface area contributed by atoms with Crippen LogP contribution in [0.3, 0.4) is 0 Å². The molecule has 1 unspecified atom stereocenters. The standard InChI is InChI=1S/C58H38/c1-58(45-19-9-4-10-20-45)54-36-44(26-30-49(54)53-33-41-17-11-12-18-42(41)35-55(53)58)48-29-25-43(34-52(48)38-15-7-3-8-16-38)47-28-22-40-23-31-50-46(37-13-5-2-6-14-37)27-21-39-24-32-51(47)57(40)56(39)50/h2-36H,1H3. The lowest BCUT2D eigenvalue weighted by Gasteiger charge is -2.29. The largest absolute Gasteiger partial charge is 0.0622 e. The average Bonchev–Trinajstić information content (AvgIpc) is 3.54. The first-order valence-corrected chi connectivity index (χ1v) is 20.3. The van der Waals surface area contributed by atoms with Gasteiger partial charge in [0.1, 0.15) is 0 Å². The van der Waals surface area contributed by atoms with Gasteiger partial charge < -0.3 is 0 Å². The van der Waals surface area contributed by atoms with E-state index in [9.17, 15) is 0 Å². The highest BCUT2D eigenvalue weighted by Gasteiger charge is 2.41. The summed E-state index contributed by atoms with van der Waals surface area (Å²) in [7, 11) is 0. The summed E-state index contributed by atoms with van der Waals surface area (Å²) in [6.45, 7) is 2.42. The van der Waals surface area contributed by atoms with Gasteiger partial charge in [-0.1, -0.05) is 188 Å². The number of fused-ring (bicyclic) bond motifs is 4. The molecular weight excluding hydrogens is 697 g/mol. The van der Waals surface area contributed by atoms with Crippen molar-refractivity contribution >= 4 is 43.1 Å². The molecule has 1 aliphatic carbocycles. The Kier molecular flexibility index (Phi) is 7.16. The van der Waals surface area contributed by atoms with Gasteiger partial charge in [0.2, 0.25) is 0 Å². The second-order valence-corrected chi connectivity index (χ2v) is 16.1. The lowest BCUT2D eigenvalue weighted by atomic mass is 9.73. The lowest BCUT2D eigenvalue weighted by Crippen LogP contribution is -2.22.